The largest absolute Gasteiger partial charge is 0.366 e. The van der Waals surface area contributed by atoms with Crippen LogP contribution in [0.25, 0.3) is 33.7 Å². The molecule has 0 aliphatic carbocycles. The first-order valence-electron chi connectivity index (χ1n) is 12.7. The smallest absolute Gasteiger partial charge is 0.248 e. The third-order valence-electron chi connectivity index (χ3n) is 5.92. The van der Waals surface area contributed by atoms with Crippen molar-refractivity contribution in [1.29, 1.82) is 0 Å². The van der Waals surface area contributed by atoms with E-state index in [1.807, 2.05) is 0 Å². The molecule has 7 aromatic rings. The lowest BCUT2D eigenvalue weighted by atomic mass is 10.2. The van der Waals surface area contributed by atoms with Crippen LogP contribution in [0.15, 0.2) is 86.2 Å². The van der Waals surface area contributed by atoms with Crippen LogP contribution < -0.4 is 11.5 Å². The van der Waals surface area contributed by atoms with Crippen molar-refractivity contribution in [2.24, 2.45) is 11.5 Å². The van der Waals surface area contributed by atoms with Gasteiger partial charge in [0.2, 0.25) is 11.8 Å². The fraction of sp³-hybridized carbons (Fsp3) is 0. The fourth-order valence-corrected chi connectivity index (χ4v) is 4.53. The molecule has 2 amide bonds. The Balaban J connectivity index is 0.000000147. The molecule has 5 heterocycles. The molecular formula is C28H18Cl4N12O2. The predicted molar refractivity (Wildman–Crippen MR) is 172 cm³/mol. The highest BCUT2D eigenvalue weighted by Gasteiger charge is 2.11. The van der Waals surface area contributed by atoms with Gasteiger partial charge in [-0.25, -0.2) is 24.9 Å². The maximum atomic E-state index is 11.2. The van der Waals surface area contributed by atoms with E-state index in [0.717, 1.165) is 11.0 Å². The third kappa shape index (κ3) is 7.68. The Bertz CT molecular complexity index is 2190. The molecule has 0 bridgehead atoms. The number of imidazole rings is 2. The summed E-state index contributed by atoms with van der Waals surface area (Å²) in [7, 11) is 0. The number of benzene rings is 2. The summed E-state index contributed by atoms with van der Waals surface area (Å²) in [5, 5.41) is 1.22. The van der Waals surface area contributed by atoms with Gasteiger partial charge in [-0.1, -0.05) is 46.4 Å². The zero-order chi connectivity index (χ0) is 32.8. The highest BCUT2D eigenvalue weighted by atomic mass is 35.5. The second-order valence-corrected chi connectivity index (χ2v) is 10.5. The molecule has 14 nitrogen and oxygen atoms in total. The molecule has 46 heavy (non-hydrogen) atoms. The van der Waals surface area contributed by atoms with Gasteiger partial charge < -0.3 is 11.5 Å². The second-order valence-electron chi connectivity index (χ2n) is 8.93. The third-order valence-corrected chi connectivity index (χ3v) is 6.65. The molecule has 0 aliphatic heterocycles. The molecule has 4 N–H and O–H groups in total. The summed E-state index contributed by atoms with van der Waals surface area (Å²) in [5.74, 6) is 0.101. The number of carbonyl (C=O) groups is 2. The lowest BCUT2D eigenvalue weighted by Gasteiger charge is -2.03. The van der Waals surface area contributed by atoms with Gasteiger partial charge in [0, 0.05) is 11.1 Å². The number of amides is 2. The Labute approximate surface area is 279 Å². The minimum Gasteiger partial charge on any atom is -0.366 e. The van der Waals surface area contributed by atoms with E-state index >= 15 is 0 Å². The Kier molecular flexibility index (Phi) is 9.93. The Hall–Kier alpha value is -5.28. The molecule has 0 fully saturated rings. The van der Waals surface area contributed by atoms with Crippen molar-refractivity contribution in [1.82, 2.24) is 49.0 Å². The van der Waals surface area contributed by atoms with Gasteiger partial charge in [-0.05, 0) is 36.4 Å². The number of hydrogen-bond acceptors (Lipinski definition) is 10. The standard InChI is InChI=1S/2C12H8ClN5O.C4H2Cl2N2/c13-10-4-15-5-11(17-10)18-6-16-8-3-7(12(14)19)1-2-9(8)18;13-10-4-15-5-11(17-10)18-6-16-8-2-1-7(12(14)19)3-9(8)18;5-3-1-7-2-4(6)8-3/h2*1-6H,(H2,14,19);1-2H. The second kappa shape index (κ2) is 14.2. The van der Waals surface area contributed by atoms with Crippen LogP contribution in [0.5, 0.6) is 0 Å². The molecule has 0 atom stereocenters. The quantitative estimate of drug-likeness (QED) is 0.255. The first-order valence-corrected chi connectivity index (χ1v) is 14.2. The summed E-state index contributed by atoms with van der Waals surface area (Å²) >= 11 is 22.4. The van der Waals surface area contributed by atoms with Crippen LogP contribution in [0.1, 0.15) is 20.7 Å². The molecule has 0 saturated heterocycles. The molecule has 230 valence electrons. The Morgan fingerprint density at radius 3 is 1.50 bits per heavy atom. The van der Waals surface area contributed by atoms with Crippen molar-refractivity contribution >= 4 is 80.3 Å². The minimum absolute atomic E-state index is 0.283. The number of halogens is 4. The maximum Gasteiger partial charge on any atom is 0.248 e. The lowest BCUT2D eigenvalue weighted by molar-refractivity contribution is 0.0992. The number of hydrogen-bond donors (Lipinski definition) is 2. The number of rotatable bonds is 4. The van der Waals surface area contributed by atoms with Gasteiger partial charge in [0.05, 0.1) is 59.2 Å². The van der Waals surface area contributed by atoms with Crippen molar-refractivity contribution < 1.29 is 9.59 Å². The summed E-state index contributed by atoms with van der Waals surface area (Å²) in [5.41, 5.74) is 14.2. The van der Waals surface area contributed by atoms with Gasteiger partial charge in [-0.2, -0.15) is 0 Å². The van der Waals surface area contributed by atoms with Gasteiger partial charge >= 0.3 is 0 Å². The molecule has 0 saturated carbocycles. The van der Waals surface area contributed by atoms with Gasteiger partial charge in [-0.15, -0.1) is 0 Å². The summed E-state index contributed by atoms with van der Waals surface area (Å²) < 4.78 is 3.43. The highest BCUT2D eigenvalue weighted by Crippen LogP contribution is 2.20. The van der Waals surface area contributed by atoms with Gasteiger partial charge in [-0.3, -0.25) is 33.7 Å². The van der Waals surface area contributed by atoms with Crippen molar-refractivity contribution in [3.8, 4) is 11.6 Å². The van der Waals surface area contributed by atoms with Crippen LogP contribution >= 0.6 is 46.4 Å². The van der Waals surface area contributed by atoms with Gasteiger partial charge in [0.1, 0.15) is 33.3 Å². The van der Waals surface area contributed by atoms with Crippen LogP contribution in [-0.2, 0) is 0 Å². The van der Waals surface area contributed by atoms with Crippen molar-refractivity contribution in [3.63, 3.8) is 0 Å². The molecule has 5 aromatic heterocycles. The zero-order valence-electron chi connectivity index (χ0n) is 23.0. The molecule has 0 radical (unpaired) electrons. The summed E-state index contributed by atoms with van der Waals surface area (Å²) in [6.07, 6.45) is 12.1. The summed E-state index contributed by atoms with van der Waals surface area (Å²) in [6.45, 7) is 0. The summed E-state index contributed by atoms with van der Waals surface area (Å²) in [6, 6.07) is 10.0. The van der Waals surface area contributed by atoms with Crippen LogP contribution in [0.3, 0.4) is 0 Å². The van der Waals surface area contributed by atoms with Crippen LogP contribution in [0.4, 0.5) is 0 Å². The van der Waals surface area contributed by atoms with Crippen LogP contribution in [-0.4, -0.2) is 60.8 Å². The molecule has 0 unspecified atom stereocenters. The van der Waals surface area contributed by atoms with E-state index in [-0.39, 0.29) is 5.15 Å². The van der Waals surface area contributed by atoms with Gasteiger partial charge in [0.25, 0.3) is 0 Å². The van der Waals surface area contributed by atoms with Crippen molar-refractivity contribution in [2.75, 3.05) is 0 Å². The normalized spacial score (nSPS) is 10.5. The molecule has 0 aliphatic rings. The van der Waals surface area contributed by atoms with Crippen molar-refractivity contribution in [3.05, 3.63) is 118 Å². The number of fused-ring (bicyclic) bond motifs is 2. The van der Waals surface area contributed by atoms with E-state index in [0.29, 0.717) is 49.3 Å². The maximum absolute atomic E-state index is 11.2. The fourth-order valence-electron chi connectivity index (χ4n) is 3.91. The SMILES string of the molecule is Clc1cncc(Cl)n1.NC(=O)c1ccc2c(c1)ncn2-c1cncc(Cl)n1.NC(=O)c1ccc2ncn(-c3cncc(Cl)n3)c2c1. The molecular weight excluding hydrogens is 678 g/mol. The first-order chi connectivity index (χ1) is 22.1. The van der Waals surface area contributed by atoms with E-state index in [9.17, 15) is 9.59 Å². The van der Waals surface area contributed by atoms with Crippen LogP contribution in [0.2, 0.25) is 20.6 Å². The average Bonchev–Trinajstić information content (AvgIpc) is 3.65. The average molecular weight is 696 g/mol. The van der Waals surface area contributed by atoms with Crippen LogP contribution in [0, 0.1) is 0 Å². The highest BCUT2D eigenvalue weighted by molar-refractivity contribution is 6.32. The lowest BCUT2D eigenvalue weighted by Crippen LogP contribution is -2.10. The zero-order valence-corrected chi connectivity index (χ0v) is 26.1. The molecule has 18 heteroatoms. The van der Waals surface area contributed by atoms with E-state index in [4.69, 9.17) is 57.9 Å². The number of primary amides is 2. The number of nitrogens with two attached hydrogens (primary N) is 2. The Morgan fingerprint density at radius 1 is 0.543 bits per heavy atom. The monoisotopic (exact) mass is 694 g/mol. The van der Waals surface area contributed by atoms with Crippen molar-refractivity contribution in [2.45, 2.75) is 0 Å². The Morgan fingerprint density at radius 2 is 1.00 bits per heavy atom. The topological polar surface area (TPSA) is 199 Å². The van der Waals surface area contributed by atoms with E-state index < -0.39 is 11.8 Å². The molecule has 2 aromatic carbocycles. The first kappa shape index (κ1) is 32.1. The summed E-state index contributed by atoms with van der Waals surface area (Å²) in [4.78, 5) is 54.3. The predicted octanol–water partition coefficient (Wildman–Crippen LogP) is 4.92. The minimum atomic E-state index is -0.494. The molecule has 7 rings (SSSR count). The van der Waals surface area contributed by atoms with E-state index in [1.165, 1.54) is 24.8 Å². The number of aromatic nitrogens is 10. The number of nitrogens with zero attached hydrogens (tertiary/aromatic N) is 10. The molecule has 0 spiro atoms. The van der Waals surface area contributed by atoms with Gasteiger partial charge in [0.15, 0.2) is 11.6 Å². The van der Waals surface area contributed by atoms with E-state index in [2.05, 4.69) is 39.9 Å². The van der Waals surface area contributed by atoms with E-state index in [1.54, 1.807) is 70.6 Å². The number of carbonyl (C=O) groups excluding carboxylic acids is 2.